The lowest BCUT2D eigenvalue weighted by Crippen LogP contribution is -2.40. The molecule has 4 aromatic rings. The Hall–Kier alpha value is -3.32. The van der Waals surface area contributed by atoms with Crippen LogP contribution in [0.1, 0.15) is 6.42 Å². The minimum atomic E-state index is -4.80. The van der Waals surface area contributed by atoms with Gasteiger partial charge in [-0.2, -0.15) is 0 Å². The minimum Gasteiger partial charge on any atom is -0.222 e. The summed E-state index contributed by atoms with van der Waals surface area (Å²) in [6.07, 6.45) is -1.26. The molecule has 0 aliphatic heterocycles. The fraction of sp³-hybridized carbons (Fsp3) is 0.111. The minimum absolute atomic E-state index is 0.387. The highest BCUT2D eigenvalue weighted by Gasteiger charge is 2.49. The zero-order chi connectivity index (χ0) is 28.3. The van der Waals surface area contributed by atoms with E-state index >= 15 is 0 Å². The Morgan fingerprint density at radius 1 is 0.333 bits per heavy atom. The van der Waals surface area contributed by atoms with Crippen molar-refractivity contribution < 1.29 is 33.7 Å². The van der Waals surface area contributed by atoms with Crippen LogP contribution in [0.2, 0.25) is 0 Å². The van der Waals surface area contributed by atoms with Crippen molar-refractivity contribution in [3.8, 4) is 0 Å². The second-order valence-electron chi connectivity index (χ2n) is 8.53. The molecule has 0 aliphatic rings. The van der Waals surface area contributed by atoms with Crippen LogP contribution in [-0.4, -0.2) is 42.8 Å². The first-order valence-corrected chi connectivity index (χ1v) is 17.7. The van der Waals surface area contributed by atoms with Gasteiger partial charge in [0.2, 0.25) is 0 Å². The molecule has 0 spiro atoms. The average molecular weight is 605 g/mol. The second-order valence-corrected chi connectivity index (χ2v) is 17.6. The fourth-order valence-electron chi connectivity index (χ4n) is 4.05. The van der Waals surface area contributed by atoms with Gasteiger partial charge in [0, 0.05) is 6.42 Å². The molecule has 0 radical (unpaired) electrons. The third-order valence-corrected chi connectivity index (χ3v) is 16.4. The Morgan fingerprint density at radius 3 is 0.692 bits per heavy atom. The predicted molar refractivity (Wildman–Crippen MR) is 147 cm³/mol. The molecule has 0 aromatic heterocycles. The Labute approximate surface area is 228 Å². The van der Waals surface area contributed by atoms with Crippen LogP contribution < -0.4 is 0 Å². The molecule has 0 fully saturated rings. The normalized spacial score (nSPS) is 13.0. The summed E-state index contributed by atoms with van der Waals surface area (Å²) >= 11 is 0. The van der Waals surface area contributed by atoms with E-state index in [0.29, 0.717) is 0 Å². The van der Waals surface area contributed by atoms with Gasteiger partial charge in [-0.05, 0) is 48.5 Å². The van der Waals surface area contributed by atoms with Crippen molar-refractivity contribution in [2.75, 3.05) is 0 Å². The van der Waals surface area contributed by atoms with Crippen molar-refractivity contribution in [1.29, 1.82) is 0 Å². The Bertz CT molecular complexity index is 1580. The van der Waals surface area contributed by atoms with Crippen molar-refractivity contribution in [3.05, 3.63) is 121 Å². The van der Waals surface area contributed by atoms with E-state index in [0.717, 1.165) is 0 Å². The van der Waals surface area contributed by atoms with E-state index in [-0.39, 0.29) is 19.6 Å². The first-order valence-electron chi connectivity index (χ1n) is 11.6. The van der Waals surface area contributed by atoms with E-state index in [1.165, 1.54) is 121 Å². The lowest BCUT2D eigenvalue weighted by atomic mass is 10.4. The van der Waals surface area contributed by atoms with Gasteiger partial charge in [-0.1, -0.05) is 72.8 Å². The highest BCUT2D eigenvalue weighted by Crippen LogP contribution is 2.35. The highest BCUT2D eigenvalue weighted by molar-refractivity contribution is 8.10. The maximum Gasteiger partial charge on any atom is 0.196 e. The second kappa shape index (κ2) is 11.0. The third kappa shape index (κ3) is 5.69. The molecule has 39 heavy (non-hydrogen) atoms. The van der Waals surface area contributed by atoms with Crippen molar-refractivity contribution in [3.63, 3.8) is 0 Å². The quantitative estimate of drug-likeness (QED) is 0.266. The number of hydrogen-bond donors (Lipinski definition) is 0. The first-order chi connectivity index (χ1) is 18.4. The molecule has 0 unspecified atom stereocenters. The summed E-state index contributed by atoms with van der Waals surface area (Å²) in [6, 6.07) is 26.6. The molecule has 0 bridgehead atoms. The Morgan fingerprint density at radius 2 is 0.513 bits per heavy atom. The molecule has 4 aromatic carbocycles. The molecular formula is C27H24O8S4. The number of rotatable bonds is 10. The molecule has 12 heteroatoms. The van der Waals surface area contributed by atoms with Crippen LogP contribution in [0.3, 0.4) is 0 Å². The lowest BCUT2D eigenvalue weighted by Gasteiger charge is -2.24. The largest absolute Gasteiger partial charge is 0.222 e. The molecule has 0 saturated heterocycles. The van der Waals surface area contributed by atoms with Gasteiger partial charge < -0.3 is 0 Å². The van der Waals surface area contributed by atoms with Gasteiger partial charge in [0.25, 0.3) is 0 Å². The van der Waals surface area contributed by atoms with Crippen LogP contribution in [0.4, 0.5) is 0 Å². The van der Waals surface area contributed by atoms with Crippen molar-refractivity contribution in [2.45, 2.75) is 35.2 Å². The van der Waals surface area contributed by atoms with Crippen LogP contribution in [0.5, 0.6) is 0 Å². The molecule has 0 saturated carbocycles. The molecule has 4 rings (SSSR count). The summed E-state index contributed by atoms with van der Waals surface area (Å²) < 4.78 is 106. The van der Waals surface area contributed by atoms with Crippen molar-refractivity contribution >= 4 is 39.3 Å². The SMILES string of the molecule is O=S(=O)(c1ccccc1)C(CC(S(=O)(=O)c1ccccc1)S(=O)(=O)c1ccccc1)S(=O)(=O)c1ccccc1. The zero-order valence-corrected chi connectivity index (χ0v) is 23.6. The maximum absolute atomic E-state index is 13.8. The lowest BCUT2D eigenvalue weighted by molar-refractivity contribution is 0.559. The van der Waals surface area contributed by atoms with E-state index in [9.17, 15) is 33.7 Å². The fourth-order valence-corrected chi connectivity index (χ4v) is 13.7. The monoisotopic (exact) mass is 604 g/mol. The van der Waals surface area contributed by atoms with Crippen molar-refractivity contribution in [1.82, 2.24) is 0 Å². The van der Waals surface area contributed by atoms with Crippen LogP contribution >= 0.6 is 0 Å². The van der Waals surface area contributed by atoms with Crippen LogP contribution in [0.25, 0.3) is 0 Å². The smallest absolute Gasteiger partial charge is 0.196 e. The van der Waals surface area contributed by atoms with Crippen LogP contribution in [-0.2, 0) is 39.3 Å². The predicted octanol–water partition coefficient (Wildman–Crippen LogP) is 3.92. The molecule has 0 N–H and O–H groups in total. The molecule has 204 valence electrons. The summed E-state index contributed by atoms with van der Waals surface area (Å²) in [6.45, 7) is 0. The van der Waals surface area contributed by atoms with Gasteiger partial charge >= 0.3 is 0 Å². The van der Waals surface area contributed by atoms with Gasteiger partial charge in [-0.15, -0.1) is 0 Å². The summed E-state index contributed by atoms with van der Waals surface area (Å²) in [7, 11) is -19.2. The van der Waals surface area contributed by atoms with Gasteiger partial charge in [0.15, 0.2) is 48.5 Å². The third-order valence-electron chi connectivity index (χ3n) is 6.06. The number of hydrogen-bond acceptors (Lipinski definition) is 8. The highest BCUT2D eigenvalue weighted by atomic mass is 32.3. The number of sulfone groups is 4. The van der Waals surface area contributed by atoms with E-state index in [1.807, 2.05) is 0 Å². The molecule has 0 heterocycles. The van der Waals surface area contributed by atoms with Gasteiger partial charge in [0.1, 0.15) is 0 Å². The summed E-state index contributed by atoms with van der Waals surface area (Å²) in [5, 5.41) is 0. The molecule has 0 aliphatic carbocycles. The van der Waals surface area contributed by atoms with Crippen LogP contribution in [0.15, 0.2) is 141 Å². The summed E-state index contributed by atoms with van der Waals surface area (Å²) in [5.74, 6) is 0. The number of benzene rings is 4. The summed E-state index contributed by atoms with van der Waals surface area (Å²) in [4.78, 5) is -1.55. The molecule has 8 nitrogen and oxygen atoms in total. The molecule has 0 amide bonds. The molecular weight excluding hydrogens is 581 g/mol. The van der Waals surface area contributed by atoms with E-state index in [1.54, 1.807) is 0 Å². The Kier molecular flexibility index (Phi) is 8.12. The van der Waals surface area contributed by atoms with Gasteiger partial charge in [-0.3, -0.25) is 0 Å². The van der Waals surface area contributed by atoms with Crippen LogP contribution in [0, 0.1) is 0 Å². The average Bonchev–Trinajstić information content (AvgIpc) is 2.94. The zero-order valence-electron chi connectivity index (χ0n) is 20.3. The molecule has 0 atom stereocenters. The van der Waals surface area contributed by atoms with E-state index < -0.39 is 54.9 Å². The van der Waals surface area contributed by atoms with E-state index in [4.69, 9.17) is 0 Å². The maximum atomic E-state index is 13.8. The summed E-state index contributed by atoms with van der Waals surface area (Å²) in [5.41, 5.74) is 0. The topological polar surface area (TPSA) is 137 Å². The van der Waals surface area contributed by atoms with Gasteiger partial charge in [-0.25, -0.2) is 33.7 Å². The van der Waals surface area contributed by atoms with Gasteiger partial charge in [0.05, 0.1) is 19.6 Å². The van der Waals surface area contributed by atoms with Crippen molar-refractivity contribution in [2.24, 2.45) is 0 Å². The first kappa shape index (κ1) is 28.7. The Balaban J connectivity index is 1.99. The van der Waals surface area contributed by atoms with E-state index in [2.05, 4.69) is 0 Å². The standard InChI is InChI=1S/C27H24O8S4/c28-36(29,22-13-5-1-6-14-22)26(37(30,31)23-15-7-2-8-16-23)21-27(38(32,33)24-17-9-3-10-18-24)39(34,35)25-19-11-4-12-20-25/h1-20,26-27H,21H2.